The maximum absolute atomic E-state index is 5.92. The van der Waals surface area contributed by atoms with E-state index in [0.717, 1.165) is 64.2 Å². The monoisotopic (exact) mass is 424 g/mol. The SMILES string of the molecule is CN=C(NCC(C)Oc1ccc(Cl)cc1)NCC(C1CCOC1)N1CCOCC1. The summed E-state index contributed by atoms with van der Waals surface area (Å²) >= 11 is 5.92. The molecule has 8 heteroatoms. The van der Waals surface area contributed by atoms with Gasteiger partial charge >= 0.3 is 0 Å². The van der Waals surface area contributed by atoms with E-state index >= 15 is 0 Å². The van der Waals surface area contributed by atoms with Crippen molar-refractivity contribution in [3.8, 4) is 5.75 Å². The van der Waals surface area contributed by atoms with Gasteiger partial charge in [0.25, 0.3) is 0 Å². The Labute approximate surface area is 178 Å². The molecule has 2 aliphatic rings. The summed E-state index contributed by atoms with van der Waals surface area (Å²) in [5.41, 5.74) is 0. The fraction of sp³-hybridized carbons (Fsp3) is 0.667. The standard InChI is InChI=1S/C21H33ClN4O3/c1-16(29-19-5-3-18(22)4-6-19)13-24-21(23-2)25-14-20(17-7-10-28-15-17)26-8-11-27-12-9-26/h3-6,16-17,20H,7-15H2,1-2H3,(H2,23,24,25). The number of nitrogens with one attached hydrogen (secondary N) is 2. The van der Waals surface area contributed by atoms with Gasteiger partial charge in [0.15, 0.2) is 5.96 Å². The van der Waals surface area contributed by atoms with Crippen LogP contribution in [0.2, 0.25) is 5.02 Å². The lowest BCUT2D eigenvalue weighted by Gasteiger charge is -2.37. The highest BCUT2D eigenvalue weighted by Crippen LogP contribution is 2.22. The average molecular weight is 425 g/mol. The molecule has 0 aromatic heterocycles. The molecule has 3 atom stereocenters. The summed E-state index contributed by atoms with van der Waals surface area (Å²) in [7, 11) is 1.79. The lowest BCUT2D eigenvalue weighted by Crippen LogP contribution is -2.54. The largest absolute Gasteiger partial charge is 0.489 e. The van der Waals surface area contributed by atoms with Crippen LogP contribution in [0.25, 0.3) is 0 Å². The van der Waals surface area contributed by atoms with Crippen LogP contribution in [-0.4, -0.2) is 82.7 Å². The van der Waals surface area contributed by atoms with Crippen LogP contribution in [0.3, 0.4) is 0 Å². The number of rotatable bonds is 8. The molecular weight excluding hydrogens is 392 g/mol. The van der Waals surface area contributed by atoms with E-state index in [1.807, 2.05) is 31.2 Å². The van der Waals surface area contributed by atoms with Crippen LogP contribution in [0.1, 0.15) is 13.3 Å². The zero-order chi connectivity index (χ0) is 20.5. The molecule has 0 spiro atoms. The number of morpholine rings is 1. The Morgan fingerprint density at radius 3 is 2.55 bits per heavy atom. The predicted octanol–water partition coefficient (Wildman–Crippen LogP) is 2.01. The van der Waals surface area contributed by atoms with Crippen LogP contribution in [0, 0.1) is 5.92 Å². The minimum atomic E-state index is -0.00648. The topological polar surface area (TPSA) is 67.4 Å². The third kappa shape index (κ3) is 7.03. The van der Waals surface area contributed by atoms with Crippen molar-refractivity contribution in [1.82, 2.24) is 15.5 Å². The number of hydrogen-bond acceptors (Lipinski definition) is 5. The van der Waals surface area contributed by atoms with E-state index in [0.29, 0.717) is 23.5 Å². The van der Waals surface area contributed by atoms with Crippen LogP contribution in [0.15, 0.2) is 29.3 Å². The molecule has 2 N–H and O–H groups in total. The summed E-state index contributed by atoms with van der Waals surface area (Å²) in [5.74, 6) is 2.14. The van der Waals surface area contributed by atoms with Crippen molar-refractivity contribution in [1.29, 1.82) is 0 Å². The molecular formula is C21H33ClN4O3. The maximum atomic E-state index is 5.92. The Kier molecular flexibility index (Phi) is 8.86. The van der Waals surface area contributed by atoms with Gasteiger partial charge in [0, 0.05) is 50.3 Å². The first-order valence-electron chi connectivity index (χ1n) is 10.4. The minimum Gasteiger partial charge on any atom is -0.489 e. The molecule has 2 saturated heterocycles. The van der Waals surface area contributed by atoms with Crippen molar-refractivity contribution < 1.29 is 14.2 Å². The third-order valence-electron chi connectivity index (χ3n) is 5.43. The van der Waals surface area contributed by atoms with Crippen molar-refractivity contribution in [3.63, 3.8) is 0 Å². The molecule has 0 amide bonds. The zero-order valence-corrected chi connectivity index (χ0v) is 18.2. The molecule has 0 saturated carbocycles. The first kappa shape index (κ1) is 22.2. The van der Waals surface area contributed by atoms with Crippen molar-refractivity contribution >= 4 is 17.6 Å². The molecule has 3 rings (SSSR count). The molecule has 0 radical (unpaired) electrons. The first-order chi connectivity index (χ1) is 14.2. The van der Waals surface area contributed by atoms with E-state index in [-0.39, 0.29) is 6.10 Å². The summed E-state index contributed by atoms with van der Waals surface area (Å²) in [5, 5.41) is 7.57. The van der Waals surface area contributed by atoms with E-state index < -0.39 is 0 Å². The van der Waals surface area contributed by atoms with E-state index in [9.17, 15) is 0 Å². The highest BCUT2D eigenvalue weighted by molar-refractivity contribution is 6.30. The van der Waals surface area contributed by atoms with Gasteiger partial charge in [0.2, 0.25) is 0 Å². The van der Waals surface area contributed by atoms with Gasteiger partial charge in [0.05, 0.1) is 26.4 Å². The summed E-state index contributed by atoms with van der Waals surface area (Å²) < 4.78 is 17.1. The molecule has 2 aliphatic heterocycles. The Balaban J connectivity index is 1.46. The summed E-state index contributed by atoms with van der Waals surface area (Å²) in [6, 6.07) is 7.83. The number of ether oxygens (including phenoxy) is 3. The summed E-state index contributed by atoms with van der Waals surface area (Å²) in [6.07, 6.45) is 1.11. The van der Waals surface area contributed by atoms with Gasteiger partial charge in [0.1, 0.15) is 11.9 Å². The summed E-state index contributed by atoms with van der Waals surface area (Å²) in [6.45, 7) is 8.76. The third-order valence-corrected chi connectivity index (χ3v) is 5.69. The number of halogens is 1. The molecule has 2 fully saturated rings. The Bertz CT molecular complexity index is 631. The molecule has 0 bridgehead atoms. The average Bonchev–Trinajstić information content (AvgIpc) is 3.27. The molecule has 0 aliphatic carbocycles. The second-order valence-corrected chi connectivity index (χ2v) is 7.99. The van der Waals surface area contributed by atoms with E-state index in [1.165, 1.54) is 0 Å². The number of aliphatic imine (C=N–C) groups is 1. The van der Waals surface area contributed by atoms with E-state index in [2.05, 4.69) is 20.5 Å². The number of benzene rings is 1. The van der Waals surface area contributed by atoms with Gasteiger partial charge in [-0.2, -0.15) is 0 Å². The molecule has 162 valence electrons. The van der Waals surface area contributed by atoms with Crippen molar-refractivity contribution in [2.45, 2.75) is 25.5 Å². The maximum Gasteiger partial charge on any atom is 0.191 e. The molecule has 2 heterocycles. The van der Waals surface area contributed by atoms with Crippen LogP contribution in [0.5, 0.6) is 5.75 Å². The normalized spacial score (nSPS) is 22.9. The Hall–Kier alpha value is -1.54. The van der Waals surface area contributed by atoms with Gasteiger partial charge in [-0.25, -0.2) is 0 Å². The molecule has 3 unspecified atom stereocenters. The van der Waals surface area contributed by atoms with Crippen LogP contribution >= 0.6 is 11.6 Å². The number of nitrogens with zero attached hydrogens (tertiary/aromatic N) is 2. The first-order valence-corrected chi connectivity index (χ1v) is 10.8. The van der Waals surface area contributed by atoms with Crippen molar-refractivity contribution in [3.05, 3.63) is 29.3 Å². The number of guanidine groups is 1. The Morgan fingerprint density at radius 1 is 1.17 bits per heavy atom. The van der Waals surface area contributed by atoms with Crippen molar-refractivity contribution in [2.24, 2.45) is 10.9 Å². The van der Waals surface area contributed by atoms with Gasteiger partial charge in [-0.1, -0.05) is 11.6 Å². The van der Waals surface area contributed by atoms with Gasteiger partial charge in [-0.3, -0.25) is 9.89 Å². The lowest BCUT2D eigenvalue weighted by atomic mass is 9.97. The fourth-order valence-corrected chi connectivity index (χ4v) is 3.93. The van der Waals surface area contributed by atoms with Crippen LogP contribution < -0.4 is 15.4 Å². The second kappa shape index (κ2) is 11.6. The zero-order valence-electron chi connectivity index (χ0n) is 17.4. The van der Waals surface area contributed by atoms with E-state index in [4.69, 9.17) is 25.8 Å². The second-order valence-electron chi connectivity index (χ2n) is 7.56. The highest BCUT2D eigenvalue weighted by Gasteiger charge is 2.31. The fourth-order valence-electron chi connectivity index (χ4n) is 3.81. The van der Waals surface area contributed by atoms with E-state index in [1.54, 1.807) is 7.05 Å². The van der Waals surface area contributed by atoms with Gasteiger partial charge in [-0.15, -0.1) is 0 Å². The van der Waals surface area contributed by atoms with Gasteiger partial charge in [-0.05, 0) is 37.6 Å². The number of hydrogen-bond donors (Lipinski definition) is 2. The molecule has 29 heavy (non-hydrogen) atoms. The van der Waals surface area contributed by atoms with Gasteiger partial charge < -0.3 is 24.8 Å². The highest BCUT2D eigenvalue weighted by atomic mass is 35.5. The Morgan fingerprint density at radius 2 is 1.90 bits per heavy atom. The molecule has 1 aromatic rings. The van der Waals surface area contributed by atoms with Crippen molar-refractivity contribution in [2.75, 3.05) is 59.7 Å². The van der Waals surface area contributed by atoms with Crippen LogP contribution in [-0.2, 0) is 9.47 Å². The quantitative estimate of drug-likeness (QED) is 0.491. The summed E-state index contributed by atoms with van der Waals surface area (Å²) in [4.78, 5) is 6.89. The van der Waals surface area contributed by atoms with Crippen LogP contribution in [0.4, 0.5) is 0 Å². The smallest absolute Gasteiger partial charge is 0.191 e. The molecule has 1 aromatic carbocycles. The lowest BCUT2D eigenvalue weighted by molar-refractivity contribution is 0.00246. The predicted molar refractivity (Wildman–Crippen MR) is 116 cm³/mol. The molecule has 7 nitrogen and oxygen atoms in total. The minimum absolute atomic E-state index is 0.00648.